The molecule has 5 nitrogen and oxygen atoms in total. The number of sulfone groups is 1. The Balaban J connectivity index is 1.47. The van der Waals surface area contributed by atoms with Crippen LogP contribution in [0.25, 0.3) is 0 Å². The molecule has 1 spiro atoms. The van der Waals surface area contributed by atoms with Gasteiger partial charge in [0.25, 0.3) is 0 Å². The van der Waals surface area contributed by atoms with Crippen LogP contribution in [0.4, 0.5) is 0 Å². The lowest BCUT2D eigenvalue weighted by Gasteiger charge is -2.42. The molecule has 7 heteroatoms. The van der Waals surface area contributed by atoms with E-state index in [0.717, 1.165) is 18.7 Å². The summed E-state index contributed by atoms with van der Waals surface area (Å²) >= 11 is 1.18. The number of nitrogens with zero attached hydrogens (tertiary/aromatic N) is 2. The summed E-state index contributed by atoms with van der Waals surface area (Å²) in [5.74, 6) is -0.0204. The quantitative estimate of drug-likeness (QED) is 0.824. The predicted octanol–water partition coefficient (Wildman–Crippen LogP) is 2.58. The van der Waals surface area contributed by atoms with Crippen molar-refractivity contribution in [1.29, 1.82) is 0 Å². The number of pyridine rings is 1. The maximum atomic E-state index is 13.1. The van der Waals surface area contributed by atoms with Gasteiger partial charge in [-0.25, -0.2) is 8.42 Å². The first kappa shape index (κ1) is 16.9. The minimum absolute atomic E-state index is 0.0204. The summed E-state index contributed by atoms with van der Waals surface area (Å²) in [6.07, 6.45) is 3.84. The highest BCUT2D eigenvalue weighted by Crippen LogP contribution is 2.45. The number of hydrogen-bond acceptors (Lipinski definition) is 6. The van der Waals surface area contributed by atoms with Crippen LogP contribution in [0.15, 0.2) is 40.1 Å². The molecule has 0 aliphatic carbocycles. The summed E-state index contributed by atoms with van der Waals surface area (Å²) in [6, 6.07) is 7.53. The Morgan fingerprint density at radius 3 is 2.72 bits per heavy atom. The van der Waals surface area contributed by atoms with Crippen LogP contribution in [0.5, 0.6) is 0 Å². The molecule has 4 heterocycles. The molecule has 1 saturated heterocycles. The van der Waals surface area contributed by atoms with E-state index in [-0.39, 0.29) is 16.4 Å². The van der Waals surface area contributed by atoms with Crippen LogP contribution in [0.2, 0.25) is 0 Å². The molecule has 2 aliphatic heterocycles. The summed E-state index contributed by atoms with van der Waals surface area (Å²) in [6.45, 7) is 2.28. The van der Waals surface area contributed by atoms with Gasteiger partial charge >= 0.3 is 0 Å². The third-order valence-electron chi connectivity index (χ3n) is 5.40. The normalized spacial score (nSPS) is 22.0. The number of likely N-dealkylation sites (tertiary alicyclic amines) is 1. The number of Topliss-reactive ketones (excluding diaryl/α,β-unsaturated/α-hetero) is 1. The van der Waals surface area contributed by atoms with Crippen LogP contribution in [-0.2, 0) is 16.3 Å². The lowest BCUT2D eigenvalue weighted by atomic mass is 9.88. The molecule has 4 rings (SSSR count). The Morgan fingerprint density at radius 2 is 2.00 bits per heavy atom. The smallest absolute Gasteiger partial charge is 0.194 e. The third-order valence-corrected chi connectivity index (χ3v) is 9.46. The van der Waals surface area contributed by atoms with Crippen molar-refractivity contribution in [1.82, 2.24) is 9.88 Å². The molecule has 25 heavy (non-hydrogen) atoms. The van der Waals surface area contributed by atoms with Gasteiger partial charge in [0.15, 0.2) is 15.6 Å². The number of thiophene rings is 1. The van der Waals surface area contributed by atoms with Crippen LogP contribution >= 0.6 is 11.3 Å². The van der Waals surface area contributed by atoms with Crippen LogP contribution < -0.4 is 0 Å². The van der Waals surface area contributed by atoms with Crippen molar-refractivity contribution < 1.29 is 13.2 Å². The number of hydrogen-bond donors (Lipinski definition) is 0. The van der Waals surface area contributed by atoms with E-state index in [2.05, 4.69) is 9.88 Å². The van der Waals surface area contributed by atoms with E-state index in [0.29, 0.717) is 31.5 Å². The number of carbonyl (C=O) groups excluding carboxylic acids is 1. The maximum absolute atomic E-state index is 13.1. The van der Waals surface area contributed by atoms with E-state index in [9.17, 15) is 13.2 Å². The van der Waals surface area contributed by atoms with Crippen molar-refractivity contribution in [2.45, 2.75) is 34.6 Å². The second-order valence-electron chi connectivity index (χ2n) is 6.82. The number of carbonyl (C=O) groups is 1. The zero-order chi connectivity index (χ0) is 17.5. The molecule has 132 valence electrons. The summed E-state index contributed by atoms with van der Waals surface area (Å²) in [7, 11) is -3.43. The molecule has 1 fully saturated rings. The lowest BCUT2D eigenvalue weighted by molar-refractivity contribution is 0.0932. The van der Waals surface area contributed by atoms with E-state index in [1.54, 1.807) is 17.6 Å². The molecule has 2 aromatic rings. The second kappa shape index (κ2) is 6.30. The molecule has 0 bridgehead atoms. The first-order chi connectivity index (χ1) is 12.0. The van der Waals surface area contributed by atoms with Gasteiger partial charge in [0.05, 0.1) is 4.75 Å². The standard InChI is InChI=1S/C18H20N2O3S2/c21-16-13-18(25(22,23)17-15(16)5-12-24-17)6-10-20(11-7-18)9-4-14-3-1-2-8-19-14/h1-3,5,8,12H,4,6-7,9-11,13H2. The first-order valence-corrected chi connectivity index (χ1v) is 10.9. The molecular formula is C18H20N2O3S2. The molecule has 0 unspecified atom stereocenters. The zero-order valence-electron chi connectivity index (χ0n) is 13.8. The minimum atomic E-state index is -3.43. The Kier molecular flexibility index (Phi) is 4.25. The van der Waals surface area contributed by atoms with Gasteiger partial charge in [-0.15, -0.1) is 11.3 Å². The highest BCUT2D eigenvalue weighted by molar-refractivity contribution is 7.95. The highest BCUT2D eigenvalue weighted by atomic mass is 32.2. The predicted molar refractivity (Wildman–Crippen MR) is 96.8 cm³/mol. The number of fused-ring (bicyclic) bond motifs is 1. The van der Waals surface area contributed by atoms with Crippen molar-refractivity contribution >= 4 is 27.0 Å². The van der Waals surface area contributed by atoms with Crippen molar-refractivity contribution in [3.8, 4) is 0 Å². The second-order valence-corrected chi connectivity index (χ2v) is 10.3. The van der Waals surface area contributed by atoms with E-state index >= 15 is 0 Å². The fraction of sp³-hybridized carbons (Fsp3) is 0.444. The monoisotopic (exact) mass is 376 g/mol. The van der Waals surface area contributed by atoms with Gasteiger partial charge in [0.1, 0.15) is 4.21 Å². The average molecular weight is 377 g/mol. The zero-order valence-corrected chi connectivity index (χ0v) is 15.5. The molecule has 0 amide bonds. The van der Waals surface area contributed by atoms with Crippen molar-refractivity contribution in [2.75, 3.05) is 19.6 Å². The minimum Gasteiger partial charge on any atom is -0.303 e. The Labute approximate surface area is 151 Å². The van der Waals surface area contributed by atoms with Crippen LogP contribution in [0.3, 0.4) is 0 Å². The van der Waals surface area contributed by atoms with Gasteiger partial charge in [-0.3, -0.25) is 9.78 Å². The summed E-state index contributed by atoms with van der Waals surface area (Å²) in [4.78, 5) is 19.0. The van der Waals surface area contributed by atoms with Gasteiger partial charge in [-0.05, 0) is 49.5 Å². The number of piperidine rings is 1. The summed E-state index contributed by atoms with van der Waals surface area (Å²) in [5, 5.41) is 1.71. The average Bonchev–Trinajstić information content (AvgIpc) is 3.12. The summed E-state index contributed by atoms with van der Waals surface area (Å²) in [5.41, 5.74) is 1.44. The van der Waals surface area contributed by atoms with E-state index < -0.39 is 14.6 Å². The van der Waals surface area contributed by atoms with Gasteiger partial charge < -0.3 is 4.90 Å². The van der Waals surface area contributed by atoms with E-state index in [1.165, 1.54) is 11.3 Å². The van der Waals surface area contributed by atoms with Gasteiger partial charge in [0, 0.05) is 36.8 Å². The first-order valence-electron chi connectivity index (χ1n) is 8.49. The SMILES string of the molecule is O=C1CC2(CCN(CCc3ccccn3)CC2)S(=O)(=O)c2sccc21. The third kappa shape index (κ3) is 2.84. The molecule has 0 saturated carbocycles. The fourth-order valence-electron chi connectivity index (χ4n) is 3.84. The molecular weight excluding hydrogens is 356 g/mol. The van der Waals surface area contributed by atoms with Crippen LogP contribution in [-0.4, -0.2) is 48.5 Å². The Bertz CT molecular complexity index is 882. The topological polar surface area (TPSA) is 67.3 Å². The Morgan fingerprint density at radius 1 is 1.20 bits per heavy atom. The van der Waals surface area contributed by atoms with Crippen LogP contribution in [0, 0.1) is 0 Å². The Hall–Kier alpha value is -1.57. The van der Waals surface area contributed by atoms with E-state index in [4.69, 9.17) is 0 Å². The van der Waals surface area contributed by atoms with Gasteiger partial charge in [-0.1, -0.05) is 6.07 Å². The van der Waals surface area contributed by atoms with Crippen molar-refractivity contribution in [3.05, 3.63) is 47.1 Å². The number of ketones is 1. The maximum Gasteiger partial charge on any atom is 0.194 e. The van der Waals surface area contributed by atoms with E-state index in [1.807, 2.05) is 18.2 Å². The lowest BCUT2D eigenvalue weighted by Crippen LogP contribution is -2.52. The molecule has 2 aliphatic rings. The van der Waals surface area contributed by atoms with Crippen molar-refractivity contribution in [2.24, 2.45) is 0 Å². The molecule has 0 radical (unpaired) electrons. The van der Waals surface area contributed by atoms with Gasteiger partial charge in [-0.2, -0.15) is 0 Å². The number of rotatable bonds is 3. The molecule has 2 aromatic heterocycles. The number of aromatic nitrogens is 1. The molecule has 0 N–H and O–H groups in total. The summed E-state index contributed by atoms with van der Waals surface area (Å²) < 4.78 is 25.6. The fourth-order valence-corrected chi connectivity index (χ4v) is 7.58. The molecule has 0 atom stereocenters. The van der Waals surface area contributed by atoms with Crippen molar-refractivity contribution in [3.63, 3.8) is 0 Å². The molecule has 0 aromatic carbocycles. The van der Waals surface area contributed by atoms with Crippen LogP contribution in [0.1, 0.15) is 35.3 Å². The highest BCUT2D eigenvalue weighted by Gasteiger charge is 2.52. The van der Waals surface area contributed by atoms with Gasteiger partial charge in [0.2, 0.25) is 0 Å². The largest absolute Gasteiger partial charge is 0.303 e.